The standard InChI is InChI=1S/C15H14N4O/c1-10-3-2-4-14(13(10)9-16)19-15(20)18-12-7-5-11(17)6-8-12/h2-8H,17H2,1H3,(H2,18,19,20). The van der Waals surface area contributed by atoms with Crippen LogP contribution in [-0.4, -0.2) is 6.03 Å². The topological polar surface area (TPSA) is 90.9 Å². The second kappa shape index (κ2) is 5.76. The van der Waals surface area contributed by atoms with E-state index in [4.69, 9.17) is 11.0 Å². The van der Waals surface area contributed by atoms with Gasteiger partial charge < -0.3 is 16.4 Å². The number of amides is 2. The summed E-state index contributed by atoms with van der Waals surface area (Å²) in [6, 6.07) is 13.8. The predicted octanol–water partition coefficient (Wildman–Crippen LogP) is 3.09. The van der Waals surface area contributed by atoms with Gasteiger partial charge >= 0.3 is 6.03 Å². The molecule has 0 aliphatic carbocycles. The van der Waals surface area contributed by atoms with Gasteiger partial charge in [0.15, 0.2) is 0 Å². The molecule has 5 heteroatoms. The van der Waals surface area contributed by atoms with Gasteiger partial charge in [-0.2, -0.15) is 5.26 Å². The summed E-state index contributed by atoms with van der Waals surface area (Å²) in [5.74, 6) is 0. The molecule has 2 aromatic carbocycles. The number of hydrogen-bond acceptors (Lipinski definition) is 3. The third-order valence-corrected chi connectivity index (χ3v) is 2.80. The molecule has 0 spiro atoms. The Balaban J connectivity index is 2.11. The second-order valence-electron chi connectivity index (χ2n) is 4.31. The van der Waals surface area contributed by atoms with E-state index in [0.29, 0.717) is 22.6 Å². The lowest BCUT2D eigenvalue weighted by Gasteiger charge is -2.10. The Morgan fingerprint density at radius 2 is 1.85 bits per heavy atom. The molecule has 0 heterocycles. The molecule has 4 N–H and O–H groups in total. The van der Waals surface area contributed by atoms with Crippen LogP contribution in [0.2, 0.25) is 0 Å². The summed E-state index contributed by atoms with van der Waals surface area (Å²) in [7, 11) is 0. The molecule has 100 valence electrons. The van der Waals surface area contributed by atoms with Crippen LogP contribution in [0.25, 0.3) is 0 Å². The zero-order chi connectivity index (χ0) is 14.5. The van der Waals surface area contributed by atoms with E-state index in [1.165, 1.54) is 0 Å². The van der Waals surface area contributed by atoms with Crippen LogP contribution in [0.4, 0.5) is 21.9 Å². The Morgan fingerprint density at radius 3 is 2.50 bits per heavy atom. The average Bonchev–Trinajstić information content (AvgIpc) is 2.42. The molecule has 0 unspecified atom stereocenters. The molecule has 0 fully saturated rings. The largest absolute Gasteiger partial charge is 0.399 e. The van der Waals surface area contributed by atoms with Gasteiger partial charge in [0.1, 0.15) is 6.07 Å². The Kier molecular flexibility index (Phi) is 3.87. The number of hydrogen-bond donors (Lipinski definition) is 3. The lowest BCUT2D eigenvalue weighted by molar-refractivity contribution is 0.262. The molecule has 0 saturated carbocycles. The van der Waals surface area contributed by atoms with E-state index >= 15 is 0 Å². The summed E-state index contributed by atoms with van der Waals surface area (Å²) < 4.78 is 0. The van der Waals surface area contributed by atoms with Crippen molar-refractivity contribution >= 4 is 23.1 Å². The minimum Gasteiger partial charge on any atom is -0.399 e. The Labute approximate surface area is 117 Å². The van der Waals surface area contributed by atoms with Gasteiger partial charge in [-0.15, -0.1) is 0 Å². The lowest BCUT2D eigenvalue weighted by Crippen LogP contribution is -2.20. The Hall–Kier alpha value is -3.00. The maximum Gasteiger partial charge on any atom is 0.323 e. The van der Waals surface area contributed by atoms with Crippen LogP contribution in [0.15, 0.2) is 42.5 Å². The summed E-state index contributed by atoms with van der Waals surface area (Å²) in [6.07, 6.45) is 0. The quantitative estimate of drug-likeness (QED) is 0.729. The smallest absolute Gasteiger partial charge is 0.323 e. The first-order valence-electron chi connectivity index (χ1n) is 6.03. The predicted molar refractivity (Wildman–Crippen MR) is 79.4 cm³/mol. The highest BCUT2D eigenvalue weighted by molar-refractivity contribution is 6.00. The number of carbonyl (C=O) groups is 1. The molecule has 0 atom stereocenters. The summed E-state index contributed by atoms with van der Waals surface area (Å²) in [5.41, 5.74) is 8.59. The van der Waals surface area contributed by atoms with Crippen LogP contribution < -0.4 is 16.4 Å². The van der Waals surface area contributed by atoms with Crippen LogP contribution in [-0.2, 0) is 0 Å². The van der Waals surface area contributed by atoms with Gasteiger partial charge in [-0.1, -0.05) is 12.1 Å². The van der Waals surface area contributed by atoms with E-state index in [0.717, 1.165) is 5.56 Å². The number of anilines is 3. The molecule has 0 bridgehead atoms. The number of nitriles is 1. The zero-order valence-electron chi connectivity index (χ0n) is 11.0. The van der Waals surface area contributed by atoms with E-state index in [-0.39, 0.29) is 0 Å². The molecule has 2 aromatic rings. The fraction of sp³-hybridized carbons (Fsp3) is 0.0667. The maximum atomic E-state index is 11.9. The number of nitrogens with zero attached hydrogens (tertiary/aromatic N) is 1. The first-order chi connectivity index (χ1) is 9.60. The van der Waals surface area contributed by atoms with Crippen molar-refractivity contribution in [2.24, 2.45) is 0 Å². The molecule has 2 amide bonds. The molecule has 0 aromatic heterocycles. The van der Waals surface area contributed by atoms with Gasteiger partial charge in [0, 0.05) is 11.4 Å². The van der Waals surface area contributed by atoms with Crippen LogP contribution in [0.5, 0.6) is 0 Å². The molecule has 2 rings (SSSR count). The Bertz CT molecular complexity index is 671. The highest BCUT2D eigenvalue weighted by atomic mass is 16.2. The molecule has 0 aliphatic rings. The number of nitrogens with two attached hydrogens (primary N) is 1. The number of carbonyl (C=O) groups excluding carboxylic acids is 1. The lowest BCUT2D eigenvalue weighted by atomic mass is 10.1. The number of nitrogens with one attached hydrogen (secondary N) is 2. The van der Waals surface area contributed by atoms with Gasteiger partial charge in [0.25, 0.3) is 0 Å². The minimum absolute atomic E-state index is 0.406. The van der Waals surface area contributed by atoms with Gasteiger partial charge in [0.2, 0.25) is 0 Å². The number of urea groups is 1. The molecule has 20 heavy (non-hydrogen) atoms. The van der Waals surface area contributed by atoms with E-state index in [1.807, 2.05) is 13.0 Å². The van der Waals surface area contributed by atoms with Gasteiger partial charge in [-0.25, -0.2) is 4.79 Å². The highest BCUT2D eigenvalue weighted by Gasteiger charge is 2.08. The number of benzene rings is 2. The van der Waals surface area contributed by atoms with Gasteiger partial charge in [-0.05, 0) is 42.8 Å². The second-order valence-corrected chi connectivity index (χ2v) is 4.31. The molecule has 5 nitrogen and oxygen atoms in total. The van der Waals surface area contributed by atoms with Gasteiger partial charge in [-0.3, -0.25) is 0 Å². The highest BCUT2D eigenvalue weighted by Crippen LogP contribution is 2.19. The normalized spacial score (nSPS) is 9.60. The third-order valence-electron chi connectivity index (χ3n) is 2.80. The maximum absolute atomic E-state index is 11.9. The van der Waals surface area contributed by atoms with Crippen LogP contribution in [0, 0.1) is 18.3 Å². The fourth-order valence-electron chi connectivity index (χ4n) is 1.77. The molecule has 0 radical (unpaired) electrons. The summed E-state index contributed by atoms with van der Waals surface area (Å²) >= 11 is 0. The number of nitrogen functional groups attached to an aromatic ring is 1. The average molecular weight is 266 g/mol. The third kappa shape index (κ3) is 3.06. The zero-order valence-corrected chi connectivity index (χ0v) is 11.0. The van der Waals surface area contributed by atoms with Crippen molar-refractivity contribution < 1.29 is 4.79 Å². The van der Waals surface area contributed by atoms with Crippen molar-refractivity contribution in [3.8, 4) is 6.07 Å². The van der Waals surface area contributed by atoms with Crippen LogP contribution in [0.1, 0.15) is 11.1 Å². The first-order valence-corrected chi connectivity index (χ1v) is 6.03. The minimum atomic E-state index is -0.406. The molecule has 0 saturated heterocycles. The fourth-order valence-corrected chi connectivity index (χ4v) is 1.77. The summed E-state index contributed by atoms with van der Waals surface area (Å²) in [6.45, 7) is 1.82. The monoisotopic (exact) mass is 266 g/mol. The number of rotatable bonds is 2. The molecular formula is C15H14N4O. The van der Waals surface area contributed by atoms with Crippen molar-refractivity contribution in [2.75, 3.05) is 16.4 Å². The van der Waals surface area contributed by atoms with Gasteiger partial charge in [0.05, 0.1) is 11.3 Å². The van der Waals surface area contributed by atoms with E-state index in [2.05, 4.69) is 16.7 Å². The van der Waals surface area contributed by atoms with Crippen molar-refractivity contribution in [2.45, 2.75) is 6.92 Å². The Morgan fingerprint density at radius 1 is 1.15 bits per heavy atom. The van der Waals surface area contributed by atoms with Crippen LogP contribution >= 0.6 is 0 Å². The van der Waals surface area contributed by atoms with Crippen LogP contribution in [0.3, 0.4) is 0 Å². The van der Waals surface area contributed by atoms with E-state index in [1.54, 1.807) is 36.4 Å². The SMILES string of the molecule is Cc1cccc(NC(=O)Nc2ccc(N)cc2)c1C#N. The van der Waals surface area contributed by atoms with Crippen molar-refractivity contribution in [3.63, 3.8) is 0 Å². The first kappa shape index (κ1) is 13.4. The van der Waals surface area contributed by atoms with E-state index < -0.39 is 6.03 Å². The number of aryl methyl sites for hydroxylation is 1. The molecular weight excluding hydrogens is 252 g/mol. The van der Waals surface area contributed by atoms with Crippen molar-refractivity contribution in [1.29, 1.82) is 5.26 Å². The van der Waals surface area contributed by atoms with E-state index in [9.17, 15) is 4.79 Å². The molecule has 0 aliphatic heterocycles. The van der Waals surface area contributed by atoms with Crippen molar-refractivity contribution in [1.82, 2.24) is 0 Å². The summed E-state index contributed by atoms with van der Waals surface area (Å²) in [5, 5.41) is 14.4. The summed E-state index contributed by atoms with van der Waals surface area (Å²) in [4.78, 5) is 11.9. The van der Waals surface area contributed by atoms with Crippen molar-refractivity contribution in [3.05, 3.63) is 53.6 Å².